The molecule has 1 atom stereocenters. The SMILES string of the molecule is CC1CCCN(c2ncnc(NNC(=O)COc3ccccc3)c2[N+](=O)[O-])C1. The standard InChI is InChI=1S/C18H22N6O4/c1-13-6-5-9-23(10-13)18-16(24(26)27)17(19-12-20-18)22-21-15(25)11-28-14-7-3-2-4-8-14/h2-4,7-8,12-13H,5-6,9-11H2,1H3,(H,21,25)(H,19,20,22). The number of rotatable bonds is 7. The number of hydrogen-bond donors (Lipinski definition) is 2. The van der Waals surface area contributed by atoms with Crippen molar-refractivity contribution in [2.75, 3.05) is 30.0 Å². The van der Waals surface area contributed by atoms with E-state index in [1.807, 2.05) is 11.0 Å². The second kappa shape index (κ2) is 8.98. The van der Waals surface area contributed by atoms with Crippen molar-refractivity contribution < 1.29 is 14.5 Å². The summed E-state index contributed by atoms with van der Waals surface area (Å²) in [7, 11) is 0. The van der Waals surface area contributed by atoms with Gasteiger partial charge in [0.2, 0.25) is 11.6 Å². The molecule has 1 unspecified atom stereocenters. The van der Waals surface area contributed by atoms with Crippen LogP contribution in [0.3, 0.4) is 0 Å². The number of benzene rings is 1. The molecule has 1 aliphatic rings. The Morgan fingerprint density at radius 1 is 1.36 bits per heavy atom. The van der Waals surface area contributed by atoms with Crippen LogP contribution in [0.5, 0.6) is 5.75 Å². The maximum Gasteiger partial charge on any atom is 0.355 e. The molecule has 1 aromatic heterocycles. The number of hydrogen-bond acceptors (Lipinski definition) is 8. The number of nitrogens with zero attached hydrogens (tertiary/aromatic N) is 4. The number of nitrogens with one attached hydrogen (secondary N) is 2. The molecule has 2 N–H and O–H groups in total. The number of carbonyl (C=O) groups is 1. The van der Waals surface area contributed by atoms with Crippen LogP contribution in [-0.2, 0) is 4.79 Å². The van der Waals surface area contributed by atoms with Crippen molar-refractivity contribution in [2.24, 2.45) is 5.92 Å². The lowest BCUT2D eigenvalue weighted by atomic mass is 10.0. The van der Waals surface area contributed by atoms with E-state index in [1.165, 1.54) is 6.33 Å². The minimum atomic E-state index is -0.538. The first-order chi connectivity index (χ1) is 13.5. The second-order valence-corrected chi connectivity index (χ2v) is 6.62. The Morgan fingerprint density at radius 2 is 2.14 bits per heavy atom. The van der Waals surface area contributed by atoms with Crippen molar-refractivity contribution in [3.8, 4) is 5.75 Å². The number of anilines is 2. The molecule has 2 heterocycles. The van der Waals surface area contributed by atoms with Crippen LogP contribution in [0, 0.1) is 16.0 Å². The Kier molecular flexibility index (Phi) is 6.20. The van der Waals surface area contributed by atoms with E-state index < -0.39 is 10.8 Å². The number of para-hydroxylation sites is 1. The molecule has 0 bridgehead atoms. The van der Waals surface area contributed by atoms with Gasteiger partial charge < -0.3 is 9.64 Å². The highest BCUT2D eigenvalue weighted by Gasteiger charge is 2.29. The van der Waals surface area contributed by atoms with Gasteiger partial charge in [0, 0.05) is 13.1 Å². The largest absolute Gasteiger partial charge is 0.484 e. The van der Waals surface area contributed by atoms with Gasteiger partial charge in [-0.1, -0.05) is 25.1 Å². The zero-order valence-electron chi connectivity index (χ0n) is 15.5. The zero-order chi connectivity index (χ0) is 19.9. The molecule has 1 aliphatic heterocycles. The summed E-state index contributed by atoms with van der Waals surface area (Å²) in [6.07, 6.45) is 3.27. The van der Waals surface area contributed by atoms with Gasteiger partial charge in [-0.25, -0.2) is 9.97 Å². The van der Waals surface area contributed by atoms with Crippen LogP contribution in [0.1, 0.15) is 19.8 Å². The smallest absolute Gasteiger partial charge is 0.355 e. The number of ether oxygens (including phenoxy) is 1. The molecule has 1 aromatic carbocycles. The van der Waals surface area contributed by atoms with E-state index in [0.717, 1.165) is 12.8 Å². The Bertz CT molecular complexity index is 832. The molecule has 1 fully saturated rings. The van der Waals surface area contributed by atoms with Crippen molar-refractivity contribution in [1.29, 1.82) is 0 Å². The number of piperidine rings is 1. The molecule has 10 nitrogen and oxygen atoms in total. The van der Waals surface area contributed by atoms with Gasteiger partial charge in [-0.2, -0.15) is 0 Å². The van der Waals surface area contributed by atoms with E-state index in [2.05, 4.69) is 27.7 Å². The van der Waals surface area contributed by atoms with E-state index in [4.69, 9.17) is 4.74 Å². The van der Waals surface area contributed by atoms with Crippen LogP contribution >= 0.6 is 0 Å². The lowest BCUT2D eigenvalue weighted by Gasteiger charge is -2.31. The van der Waals surface area contributed by atoms with Crippen LogP contribution < -0.4 is 20.5 Å². The van der Waals surface area contributed by atoms with Crippen LogP contribution in [0.2, 0.25) is 0 Å². The van der Waals surface area contributed by atoms with Gasteiger partial charge in [0.05, 0.1) is 4.92 Å². The molecule has 28 heavy (non-hydrogen) atoms. The molecule has 0 saturated carbocycles. The minimum absolute atomic E-state index is 0.0683. The normalized spacial score (nSPS) is 16.3. The number of hydrazine groups is 1. The summed E-state index contributed by atoms with van der Waals surface area (Å²) in [5.74, 6) is 0.664. The number of nitro groups is 1. The zero-order valence-corrected chi connectivity index (χ0v) is 15.5. The fourth-order valence-corrected chi connectivity index (χ4v) is 3.07. The van der Waals surface area contributed by atoms with E-state index in [9.17, 15) is 14.9 Å². The summed E-state index contributed by atoms with van der Waals surface area (Å²) < 4.78 is 5.34. The Hall–Kier alpha value is -3.43. The predicted molar refractivity (Wildman–Crippen MR) is 103 cm³/mol. The van der Waals surface area contributed by atoms with Crippen LogP contribution in [0.4, 0.5) is 17.3 Å². The van der Waals surface area contributed by atoms with E-state index in [0.29, 0.717) is 24.8 Å². The predicted octanol–water partition coefficient (Wildman–Crippen LogP) is 2.14. The van der Waals surface area contributed by atoms with Crippen LogP contribution in [-0.4, -0.2) is 40.5 Å². The molecule has 1 saturated heterocycles. The van der Waals surface area contributed by atoms with Gasteiger partial charge in [0.15, 0.2) is 6.61 Å². The third-order valence-corrected chi connectivity index (χ3v) is 4.38. The molecule has 10 heteroatoms. The molecule has 2 aromatic rings. The molecule has 0 aliphatic carbocycles. The molecule has 0 radical (unpaired) electrons. The summed E-state index contributed by atoms with van der Waals surface area (Å²) >= 11 is 0. The van der Waals surface area contributed by atoms with Crippen LogP contribution in [0.15, 0.2) is 36.7 Å². The average molecular weight is 386 g/mol. The number of carbonyl (C=O) groups excluding carboxylic acids is 1. The first-order valence-electron chi connectivity index (χ1n) is 9.01. The molecule has 148 valence electrons. The topological polar surface area (TPSA) is 123 Å². The van der Waals surface area contributed by atoms with Gasteiger partial charge in [-0.3, -0.25) is 25.8 Å². The highest BCUT2D eigenvalue weighted by molar-refractivity contribution is 5.80. The monoisotopic (exact) mass is 386 g/mol. The van der Waals surface area contributed by atoms with E-state index in [-0.39, 0.29) is 23.9 Å². The van der Waals surface area contributed by atoms with Crippen molar-refractivity contribution in [3.05, 3.63) is 46.8 Å². The summed E-state index contributed by atoms with van der Waals surface area (Å²) in [5.41, 5.74) is 4.64. The summed E-state index contributed by atoms with van der Waals surface area (Å²) in [4.78, 5) is 33.0. The Balaban J connectivity index is 1.67. The fourth-order valence-electron chi connectivity index (χ4n) is 3.07. The molecular weight excluding hydrogens is 364 g/mol. The Morgan fingerprint density at radius 3 is 2.86 bits per heavy atom. The van der Waals surface area contributed by atoms with Crippen molar-refractivity contribution >= 4 is 23.2 Å². The third-order valence-electron chi connectivity index (χ3n) is 4.38. The molecule has 0 spiro atoms. The third kappa shape index (κ3) is 4.84. The lowest BCUT2D eigenvalue weighted by Crippen LogP contribution is -2.36. The van der Waals surface area contributed by atoms with Crippen molar-refractivity contribution in [3.63, 3.8) is 0 Å². The van der Waals surface area contributed by atoms with Gasteiger partial charge in [0.1, 0.15) is 12.1 Å². The fraction of sp³-hybridized carbons (Fsp3) is 0.389. The van der Waals surface area contributed by atoms with Gasteiger partial charge >= 0.3 is 5.69 Å². The van der Waals surface area contributed by atoms with E-state index >= 15 is 0 Å². The van der Waals surface area contributed by atoms with E-state index in [1.54, 1.807) is 24.3 Å². The van der Waals surface area contributed by atoms with Crippen molar-refractivity contribution in [2.45, 2.75) is 19.8 Å². The first kappa shape index (κ1) is 19.3. The first-order valence-corrected chi connectivity index (χ1v) is 9.01. The summed E-state index contributed by atoms with van der Waals surface area (Å²) in [6, 6.07) is 8.87. The quantitative estimate of drug-likeness (QED) is 0.548. The van der Waals surface area contributed by atoms with Crippen molar-refractivity contribution in [1.82, 2.24) is 15.4 Å². The van der Waals surface area contributed by atoms with Gasteiger partial charge in [-0.15, -0.1) is 0 Å². The molecule has 3 rings (SSSR count). The minimum Gasteiger partial charge on any atom is -0.484 e. The van der Waals surface area contributed by atoms with Crippen LogP contribution in [0.25, 0.3) is 0 Å². The number of amides is 1. The highest BCUT2D eigenvalue weighted by Crippen LogP contribution is 2.33. The number of aromatic nitrogens is 2. The molecule has 1 amide bonds. The summed E-state index contributed by atoms with van der Waals surface area (Å²) in [6.45, 7) is 3.24. The maximum atomic E-state index is 12.0. The maximum absolute atomic E-state index is 12.0. The molecular formula is C18H22N6O4. The highest BCUT2D eigenvalue weighted by atomic mass is 16.6. The summed E-state index contributed by atoms with van der Waals surface area (Å²) in [5, 5.41) is 11.6. The Labute approximate surface area is 162 Å². The lowest BCUT2D eigenvalue weighted by molar-refractivity contribution is -0.383. The second-order valence-electron chi connectivity index (χ2n) is 6.62. The average Bonchev–Trinajstić information content (AvgIpc) is 2.71. The van der Waals surface area contributed by atoms with Gasteiger partial charge in [-0.05, 0) is 30.9 Å². The van der Waals surface area contributed by atoms with Gasteiger partial charge in [0.25, 0.3) is 5.91 Å².